The van der Waals surface area contributed by atoms with E-state index < -0.39 is 11.2 Å². The van der Waals surface area contributed by atoms with E-state index >= 15 is 0 Å². The molecular weight excluding hydrogens is 946 g/mol. The molecule has 3 aliphatic rings. The van der Waals surface area contributed by atoms with Crippen LogP contribution < -0.4 is 14.5 Å². The number of benzene rings is 6. The molecule has 348 valence electrons. The van der Waals surface area contributed by atoms with Crippen LogP contribution >= 0.6 is 46.4 Å². The number of anilines is 2. The van der Waals surface area contributed by atoms with E-state index in [2.05, 4.69) is 96.3 Å². The molecule has 8 aromatic rings. The number of terminal acetylenes is 1. The predicted octanol–water partition coefficient (Wildman–Crippen LogP) is 13.5. The molecule has 6 aromatic carbocycles. The van der Waals surface area contributed by atoms with Crippen molar-refractivity contribution in [2.24, 2.45) is 0 Å². The Labute approximate surface area is 422 Å². The number of ether oxygens (including phenoxy) is 1. The molecule has 3 aliphatic heterocycles. The molecule has 0 bridgehead atoms. The van der Waals surface area contributed by atoms with Gasteiger partial charge in [-0.25, -0.2) is 19.9 Å². The number of phenolic OH excluding ortho intramolecular Hbond substituents is 1. The molecule has 2 fully saturated rings. The van der Waals surface area contributed by atoms with Gasteiger partial charge in [0.25, 0.3) is 0 Å². The van der Waals surface area contributed by atoms with E-state index in [1.807, 2.05) is 72.8 Å². The van der Waals surface area contributed by atoms with Crippen molar-refractivity contribution in [3.05, 3.63) is 194 Å². The van der Waals surface area contributed by atoms with Crippen molar-refractivity contribution in [1.29, 1.82) is 0 Å². The number of halogens is 4. The van der Waals surface area contributed by atoms with E-state index in [9.17, 15) is 10.2 Å². The number of aliphatic hydroxyl groups is 1. The normalized spacial score (nSPS) is 17.3. The van der Waals surface area contributed by atoms with Crippen LogP contribution in [-0.2, 0) is 11.2 Å². The summed E-state index contributed by atoms with van der Waals surface area (Å²) >= 11 is 23.9. The maximum atomic E-state index is 10.9. The fraction of sp³-hybridized carbons (Fsp3) is 0.214. The number of phenols is 1. The molecule has 9 nitrogen and oxygen atoms in total. The molecule has 2 saturated heterocycles. The minimum atomic E-state index is -1.37. The van der Waals surface area contributed by atoms with Crippen LogP contribution in [-0.4, -0.2) is 56.3 Å². The van der Waals surface area contributed by atoms with Gasteiger partial charge in [-0.15, -0.1) is 6.42 Å². The Balaban J connectivity index is 0.000000144. The number of nitrogens with zero attached hydrogens (tertiary/aromatic N) is 6. The Morgan fingerprint density at radius 3 is 1.71 bits per heavy atom. The van der Waals surface area contributed by atoms with E-state index in [4.69, 9.17) is 57.6 Å². The van der Waals surface area contributed by atoms with Gasteiger partial charge >= 0.3 is 0 Å². The van der Waals surface area contributed by atoms with Gasteiger partial charge in [0, 0.05) is 76.1 Å². The van der Waals surface area contributed by atoms with Crippen LogP contribution in [0.5, 0.6) is 11.5 Å². The van der Waals surface area contributed by atoms with Crippen LogP contribution in [0.4, 0.5) is 11.4 Å². The van der Waals surface area contributed by atoms with Crippen LogP contribution in [0.25, 0.3) is 27.9 Å². The summed E-state index contributed by atoms with van der Waals surface area (Å²) in [4.78, 5) is 21.0. The lowest BCUT2D eigenvalue weighted by Crippen LogP contribution is -2.34. The maximum absolute atomic E-state index is 10.9. The number of aromatic hydroxyl groups is 1. The molecule has 0 radical (unpaired) electrons. The zero-order valence-corrected chi connectivity index (χ0v) is 40.6. The number of piperidine rings is 2. The average Bonchev–Trinajstić information content (AvgIpc) is 3.40. The Morgan fingerprint density at radius 2 is 1.10 bits per heavy atom. The van der Waals surface area contributed by atoms with Crippen molar-refractivity contribution in [3.8, 4) is 23.8 Å². The molecule has 5 heterocycles. The van der Waals surface area contributed by atoms with Crippen molar-refractivity contribution < 1.29 is 14.9 Å². The molecule has 2 unspecified atom stereocenters. The number of fused-ring (bicyclic) bond motifs is 4. The second-order valence-corrected chi connectivity index (χ2v) is 18.5. The summed E-state index contributed by atoms with van der Waals surface area (Å²) in [6.07, 6.45) is 17.5. The molecule has 0 amide bonds. The monoisotopic (exact) mass is 992 g/mol. The smallest absolute Gasteiger partial charge is 0.224 e. The van der Waals surface area contributed by atoms with Gasteiger partial charge in [0.2, 0.25) is 10.6 Å². The Hall–Kier alpha value is -6.38. The lowest BCUT2D eigenvalue weighted by molar-refractivity contribution is 0.145. The molecule has 11 rings (SSSR count). The van der Waals surface area contributed by atoms with Crippen molar-refractivity contribution in [2.75, 3.05) is 36.0 Å². The molecule has 2 atom stereocenters. The maximum Gasteiger partial charge on any atom is 0.224 e. The summed E-state index contributed by atoms with van der Waals surface area (Å²) in [5.41, 5.74) is 6.08. The summed E-state index contributed by atoms with van der Waals surface area (Å²) in [6.45, 7) is 4.45. The van der Waals surface area contributed by atoms with Crippen molar-refractivity contribution in [1.82, 2.24) is 19.9 Å². The zero-order chi connectivity index (χ0) is 48.0. The average molecular weight is 995 g/mol. The first-order valence-electron chi connectivity index (χ1n) is 22.9. The SMILES string of the molecule is C#CC(O)(c1ccccc1)c1ccc(N2CCCCC2)cc1.Clc1nc(Cl)c2c3c(ccc2n1)OC(c1ccccc1)(c1ccc(N2CCCCC2)cc1)C=C3.Oc1ccc2nc(Cl)nc(Cl)c2c1. The highest BCUT2D eigenvalue weighted by atomic mass is 35.5. The van der Waals surface area contributed by atoms with Gasteiger partial charge in [-0.1, -0.05) is 114 Å². The highest BCUT2D eigenvalue weighted by Crippen LogP contribution is 2.45. The third kappa shape index (κ3) is 10.3. The van der Waals surface area contributed by atoms with Crippen LogP contribution in [0, 0.1) is 12.3 Å². The second kappa shape index (κ2) is 21.1. The number of aromatic nitrogens is 4. The fourth-order valence-electron chi connectivity index (χ4n) is 9.19. The molecule has 13 heteroatoms. The van der Waals surface area contributed by atoms with Crippen molar-refractivity contribution in [3.63, 3.8) is 0 Å². The quantitative estimate of drug-likeness (QED) is 0.0956. The van der Waals surface area contributed by atoms with Crippen LogP contribution in [0.2, 0.25) is 20.9 Å². The van der Waals surface area contributed by atoms with E-state index in [1.54, 1.807) is 6.07 Å². The summed E-state index contributed by atoms with van der Waals surface area (Å²) in [5.74, 6) is 3.41. The molecule has 0 spiro atoms. The largest absolute Gasteiger partial charge is 0.508 e. The Morgan fingerprint density at radius 1 is 0.580 bits per heavy atom. The minimum absolute atomic E-state index is 0.100. The topological polar surface area (TPSA) is 108 Å². The van der Waals surface area contributed by atoms with Crippen molar-refractivity contribution in [2.45, 2.75) is 49.7 Å². The third-order valence-electron chi connectivity index (χ3n) is 12.8. The third-order valence-corrected chi connectivity index (χ3v) is 13.7. The standard InChI is InChI=1S/C28H23Cl2N3O.C20H21NO.C8H4Cl2N2O/c29-26-25-22-15-16-28(19-7-3-1-4-8-19,34-24(22)14-13-23(25)31-27(30)32-26)20-9-11-21(12-10-20)33-17-5-2-6-18-33;1-2-20(22,17-9-5-3-6-10-17)18-11-13-19(14-12-18)21-15-7-4-8-16-21;9-7-5-3-4(13)1-2-6(5)11-8(10)12-7/h1,3-4,7-16H,2,5-6,17-18H2;1,3,5-6,9-14,22H,4,7-8,15-16H2;1-3,13H. The van der Waals surface area contributed by atoms with Crippen LogP contribution in [0.3, 0.4) is 0 Å². The van der Waals surface area contributed by atoms with Gasteiger partial charge in [-0.2, -0.15) is 0 Å². The Kier molecular flexibility index (Phi) is 14.6. The van der Waals surface area contributed by atoms with Crippen molar-refractivity contribution >= 4 is 85.7 Å². The van der Waals surface area contributed by atoms with Gasteiger partial charge in [0.05, 0.1) is 11.0 Å². The predicted molar refractivity (Wildman–Crippen MR) is 281 cm³/mol. The fourth-order valence-corrected chi connectivity index (χ4v) is 10.1. The summed E-state index contributed by atoms with van der Waals surface area (Å²) in [7, 11) is 0. The number of hydrogen-bond acceptors (Lipinski definition) is 9. The summed E-state index contributed by atoms with van der Waals surface area (Å²) < 4.78 is 6.82. The molecule has 2 aromatic heterocycles. The van der Waals surface area contributed by atoms with Gasteiger partial charge in [0.1, 0.15) is 21.8 Å². The molecule has 0 aliphatic carbocycles. The zero-order valence-electron chi connectivity index (χ0n) is 37.6. The number of hydrogen-bond donors (Lipinski definition) is 2. The first kappa shape index (κ1) is 47.7. The lowest BCUT2D eigenvalue weighted by atomic mass is 9.83. The highest BCUT2D eigenvalue weighted by Gasteiger charge is 2.38. The molecule has 2 N–H and O–H groups in total. The first-order chi connectivity index (χ1) is 33.5. The molecule has 69 heavy (non-hydrogen) atoms. The molecule has 0 saturated carbocycles. The minimum Gasteiger partial charge on any atom is -0.508 e. The van der Waals surface area contributed by atoms with E-state index in [0.29, 0.717) is 21.6 Å². The van der Waals surface area contributed by atoms with Gasteiger partial charge in [-0.05, 0) is 128 Å². The summed E-state index contributed by atoms with van der Waals surface area (Å²) in [5, 5.41) is 22.2. The first-order valence-corrected chi connectivity index (χ1v) is 24.4. The van der Waals surface area contributed by atoms with Crippen LogP contribution in [0.15, 0.2) is 146 Å². The van der Waals surface area contributed by atoms with E-state index in [0.717, 1.165) is 65.1 Å². The van der Waals surface area contributed by atoms with E-state index in [-0.39, 0.29) is 21.5 Å². The summed E-state index contributed by atoms with van der Waals surface area (Å²) in [6, 6.07) is 45.0. The van der Waals surface area contributed by atoms with Crippen LogP contribution in [0.1, 0.15) is 66.3 Å². The van der Waals surface area contributed by atoms with E-state index in [1.165, 1.54) is 62.0 Å². The number of rotatable bonds is 6. The lowest BCUT2D eigenvalue weighted by Gasteiger charge is -2.37. The van der Waals surface area contributed by atoms with Gasteiger partial charge in [0.15, 0.2) is 11.2 Å². The second-order valence-electron chi connectivity index (χ2n) is 17.1. The highest BCUT2D eigenvalue weighted by molar-refractivity contribution is 6.36. The molecular formula is C56H48Cl4N6O3. The van der Waals surface area contributed by atoms with Gasteiger partial charge in [-0.3, -0.25) is 0 Å². The van der Waals surface area contributed by atoms with Gasteiger partial charge < -0.3 is 24.7 Å². The Bertz CT molecular complexity index is 3140.